The number of ketones is 2. The van der Waals surface area contributed by atoms with E-state index in [1.165, 1.54) is 17.9 Å². The minimum atomic E-state index is -0.895. The van der Waals surface area contributed by atoms with Crippen LogP contribution in [-0.2, 0) is 9.59 Å². The molecule has 0 saturated carbocycles. The van der Waals surface area contributed by atoms with Crippen molar-refractivity contribution in [2.24, 2.45) is 0 Å². The van der Waals surface area contributed by atoms with E-state index in [9.17, 15) is 19.5 Å². The number of carbonyl (C=O) groups excluding carboxylic acids is 3. The molecule has 0 saturated heterocycles. The van der Waals surface area contributed by atoms with Gasteiger partial charge in [-0.15, -0.1) is 0 Å². The van der Waals surface area contributed by atoms with Gasteiger partial charge in [0.15, 0.2) is 22.5 Å². The fourth-order valence-electron chi connectivity index (χ4n) is 3.68. The predicted molar refractivity (Wildman–Crippen MR) is 131 cm³/mol. The van der Waals surface area contributed by atoms with Crippen LogP contribution < -0.4 is 4.90 Å². The number of hydrogen-bond acceptors (Lipinski definition) is 6. The molecule has 1 unspecified atom stereocenters. The average Bonchev–Trinajstić information content (AvgIpc) is 3.30. The lowest BCUT2D eigenvalue weighted by Crippen LogP contribution is -2.30. The number of aliphatic hydroxyl groups excluding tert-OH is 1. The van der Waals surface area contributed by atoms with Crippen LogP contribution in [0.25, 0.3) is 6.08 Å². The summed E-state index contributed by atoms with van der Waals surface area (Å²) < 4.78 is 0.755. The number of rotatable bonds is 6. The maximum Gasteiger partial charge on any atom is 0.296 e. The Hall–Kier alpha value is -3.36. The highest BCUT2D eigenvalue weighted by Gasteiger charge is 2.45. The lowest BCUT2D eigenvalue weighted by atomic mass is 9.96. The highest BCUT2D eigenvalue weighted by atomic mass is 79.9. The number of hydrogen-bond donors (Lipinski definition) is 1. The Morgan fingerprint density at radius 3 is 2.52 bits per heavy atom. The van der Waals surface area contributed by atoms with E-state index in [-0.39, 0.29) is 16.5 Å². The van der Waals surface area contributed by atoms with Gasteiger partial charge in [-0.05, 0) is 36.3 Å². The second-order valence-corrected chi connectivity index (χ2v) is 9.36. The van der Waals surface area contributed by atoms with Crippen LogP contribution in [0, 0.1) is 6.92 Å². The third kappa shape index (κ3) is 4.44. The molecule has 4 rings (SSSR count). The van der Waals surface area contributed by atoms with Gasteiger partial charge in [0.2, 0.25) is 0 Å². The summed E-state index contributed by atoms with van der Waals surface area (Å²) >= 11 is 4.49. The Bertz CT molecular complexity index is 1330. The Balaban J connectivity index is 1.82. The molecule has 8 heteroatoms. The number of allylic oxidation sites excluding steroid dienone is 1. The predicted octanol–water partition coefficient (Wildman–Crippen LogP) is 5.60. The Labute approximate surface area is 203 Å². The number of Topliss-reactive ketones (excluding diaryl/α,β-unsaturated/α-hetero) is 1. The number of nitrogens with zero attached hydrogens (tertiary/aromatic N) is 2. The van der Waals surface area contributed by atoms with Gasteiger partial charge < -0.3 is 5.11 Å². The van der Waals surface area contributed by atoms with E-state index in [1.54, 1.807) is 31.2 Å². The molecule has 0 fully saturated rings. The molecule has 166 valence electrons. The molecule has 1 amide bonds. The molecule has 0 radical (unpaired) electrons. The number of halogens is 1. The van der Waals surface area contributed by atoms with Crippen molar-refractivity contribution < 1.29 is 19.5 Å². The highest BCUT2D eigenvalue weighted by molar-refractivity contribution is 9.10. The number of amides is 1. The fraction of sp³-hybridized carbons (Fsp3) is 0.120. The van der Waals surface area contributed by atoms with E-state index in [4.69, 9.17) is 0 Å². The summed E-state index contributed by atoms with van der Waals surface area (Å²) in [5.41, 5.74) is 1.89. The second-order valence-electron chi connectivity index (χ2n) is 7.47. The Kier molecular flexibility index (Phi) is 6.40. The first-order valence-corrected chi connectivity index (χ1v) is 11.7. The number of carbonyl (C=O) groups is 3. The van der Waals surface area contributed by atoms with E-state index in [2.05, 4.69) is 20.9 Å². The van der Waals surface area contributed by atoms with Gasteiger partial charge in [-0.25, -0.2) is 4.98 Å². The summed E-state index contributed by atoms with van der Waals surface area (Å²) in [4.78, 5) is 44.5. The van der Waals surface area contributed by atoms with Crippen LogP contribution in [0.15, 0.2) is 76.5 Å². The van der Waals surface area contributed by atoms with Gasteiger partial charge in [0, 0.05) is 11.4 Å². The smallest absolute Gasteiger partial charge is 0.296 e. The van der Waals surface area contributed by atoms with Crippen molar-refractivity contribution in [2.75, 3.05) is 4.90 Å². The number of aryl methyl sites for hydroxylation is 1. The van der Waals surface area contributed by atoms with Crippen LogP contribution in [0.3, 0.4) is 0 Å². The van der Waals surface area contributed by atoms with Crippen molar-refractivity contribution in [2.45, 2.75) is 19.9 Å². The molecule has 3 aromatic rings. The quantitative estimate of drug-likeness (QED) is 0.336. The van der Waals surface area contributed by atoms with Crippen LogP contribution in [0.4, 0.5) is 5.13 Å². The van der Waals surface area contributed by atoms with Gasteiger partial charge >= 0.3 is 0 Å². The number of benzene rings is 2. The molecule has 1 aliphatic heterocycles. The van der Waals surface area contributed by atoms with Gasteiger partial charge in [-0.3, -0.25) is 19.3 Å². The highest BCUT2D eigenvalue weighted by Crippen LogP contribution is 2.43. The molecule has 0 bridgehead atoms. The van der Waals surface area contributed by atoms with Crippen LogP contribution in [0.1, 0.15) is 39.5 Å². The topological polar surface area (TPSA) is 87.6 Å². The lowest BCUT2D eigenvalue weighted by molar-refractivity contribution is -0.117. The molecule has 1 aromatic heterocycles. The van der Waals surface area contributed by atoms with Crippen LogP contribution >= 0.6 is 27.3 Å². The minimum absolute atomic E-state index is 0.0393. The molecular formula is C25H19BrN2O4S. The molecule has 0 aliphatic carbocycles. The van der Waals surface area contributed by atoms with E-state index >= 15 is 0 Å². The molecule has 1 aliphatic rings. The zero-order valence-electron chi connectivity index (χ0n) is 17.8. The largest absolute Gasteiger partial charge is 0.503 e. The monoisotopic (exact) mass is 522 g/mol. The zero-order valence-corrected chi connectivity index (χ0v) is 20.2. The molecule has 2 aromatic carbocycles. The normalized spacial score (nSPS) is 16.2. The van der Waals surface area contributed by atoms with E-state index < -0.39 is 23.5 Å². The Morgan fingerprint density at radius 1 is 1.15 bits per heavy atom. The van der Waals surface area contributed by atoms with E-state index in [0.29, 0.717) is 16.1 Å². The maximum atomic E-state index is 13.2. The first kappa shape index (κ1) is 22.8. The van der Waals surface area contributed by atoms with E-state index in [1.807, 2.05) is 36.4 Å². The van der Waals surface area contributed by atoms with E-state index in [0.717, 1.165) is 21.4 Å². The SMILES string of the molecule is CC(=O)c1sc(N2C(=O)C(O)=C(C(=O)/C=C/c3ccccc3)C2c2cccc(Br)c2)nc1C. The van der Waals surface area contributed by atoms with Crippen molar-refractivity contribution in [1.29, 1.82) is 0 Å². The number of aliphatic hydroxyl groups is 1. The summed E-state index contributed by atoms with van der Waals surface area (Å²) in [5.74, 6) is -2.02. The summed E-state index contributed by atoms with van der Waals surface area (Å²) in [7, 11) is 0. The molecule has 0 spiro atoms. The van der Waals surface area contributed by atoms with Crippen LogP contribution in [-0.4, -0.2) is 27.6 Å². The summed E-state index contributed by atoms with van der Waals surface area (Å²) in [6.45, 7) is 3.12. The van der Waals surface area contributed by atoms with Gasteiger partial charge in [0.1, 0.15) is 0 Å². The van der Waals surface area contributed by atoms with Gasteiger partial charge in [-0.1, -0.05) is 75.8 Å². The summed E-state index contributed by atoms with van der Waals surface area (Å²) in [6, 6.07) is 15.5. The number of aromatic nitrogens is 1. The molecular weight excluding hydrogens is 504 g/mol. The van der Waals surface area contributed by atoms with Gasteiger partial charge in [-0.2, -0.15) is 0 Å². The first-order chi connectivity index (χ1) is 15.8. The maximum absolute atomic E-state index is 13.2. The van der Waals surface area contributed by atoms with Crippen LogP contribution in [0.2, 0.25) is 0 Å². The molecule has 33 heavy (non-hydrogen) atoms. The van der Waals surface area contributed by atoms with Crippen molar-refractivity contribution in [3.63, 3.8) is 0 Å². The third-order valence-electron chi connectivity index (χ3n) is 5.18. The van der Waals surface area contributed by atoms with Crippen molar-refractivity contribution >= 4 is 55.9 Å². The molecule has 1 N–H and O–H groups in total. The lowest BCUT2D eigenvalue weighted by Gasteiger charge is -2.24. The second kappa shape index (κ2) is 9.25. The molecule has 2 heterocycles. The summed E-state index contributed by atoms with van der Waals surface area (Å²) in [5, 5.41) is 11.0. The summed E-state index contributed by atoms with van der Waals surface area (Å²) in [6.07, 6.45) is 2.98. The van der Waals surface area contributed by atoms with Crippen molar-refractivity contribution in [3.8, 4) is 0 Å². The minimum Gasteiger partial charge on any atom is -0.503 e. The standard InChI is InChI=1S/C25H19BrN2O4S/c1-14-23(15(2)29)33-25(27-14)28-21(17-9-6-10-18(26)13-17)20(22(31)24(28)32)19(30)12-11-16-7-4-3-5-8-16/h3-13,21,31H,1-2H3/b12-11+. The number of anilines is 1. The average molecular weight is 523 g/mol. The van der Waals surface area contributed by atoms with Crippen molar-refractivity contribution in [1.82, 2.24) is 4.98 Å². The van der Waals surface area contributed by atoms with Gasteiger partial charge in [0.05, 0.1) is 22.2 Å². The third-order valence-corrected chi connectivity index (χ3v) is 6.93. The van der Waals surface area contributed by atoms with Gasteiger partial charge in [0.25, 0.3) is 5.91 Å². The first-order valence-electron chi connectivity index (χ1n) is 10.1. The Morgan fingerprint density at radius 2 is 1.88 bits per heavy atom. The number of thiazole rings is 1. The molecule has 6 nitrogen and oxygen atoms in total. The van der Waals surface area contributed by atoms with Crippen molar-refractivity contribution in [3.05, 3.63) is 98.2 Å². The zero-order chi connectivity index (χ0) is 23.7. The fourth-order valence-corrected chi connectivity index (χ4v) is 5.09. The van der Waals surface area contributed by atoms with Crippen LogP contribution in [0.5, 0.6) is 0 Å². The molecule has 1 atom stereocenters.